The van der Waals surface area contributed by atoms with Crippen LogP contribution in [0.1, 0.15) is 58.3 Å². The Morgan fingerprint density at radius 3 is 2.50 bits per heavy atom. The molecule has 0 aromatic rings. The minimum atomic E-state index is 0.0437. The minimum Gasteiger partial charge on any atom is -0.393 e. The zero-order valence-corrected chi connectivity index (χ0v) is 9.41. The van der Waals surface area contributed by atoms with E-state index in [1.807, 2.05) is 0 Å². The van der Waals surface area contributed by atoms with Gasteiger partial charge in [0.05, 0.1) is 6.10 Å². The van der Waals surface area contributed by atoms with E-state index in [-0.39, 0.29) is 6.10 Å². The Hall–Kier alpha value is -0.0400. The summed E-state index contributed by atoms with van der Waals surface area (Å²) < 4.78 is 0. The van der Waals surface area contributed by atoms with Gasteiger partial charge in [-0.1, -0.05) is 39.0 Å². The van der Waals surface area contributed by atoms with Crippen LogP contribution in [0.3, 0.4) is 0 Å². The first-order valence-electron chi connectivity index (χ1n) is 6.52. The van der Waals surface area contributed by atoms with Gasteiger partial charge in [-0.15, -0.1) is 0 Å². The number of fused-ring (bicyclic) bond motifs is 1. The first-order valence-corrected chi connectivity index (χ1v) is 6.52. The summed E-state index contributed by atoms with van der Waals surface area (Å²) in [6, 6.07) is 0. The van der Waals surface area contributed by atoms with Crippen molar-refractivity contribution in [3.8, 4) is 0 Å². The summed E-state index contributed by atoms with van der Waals surface area (Å²) in [6.45, 7) is 2.24. The van der Waals surface area contributed by atoms with Crippen molar-refractivity contribution in [2.75, 3.05) is 0 Å². The predicted octanol–water partition coefficient (Wildman–Crippen LogP) is 3.36. The molecule has 1 heteroatoms. The fraction of sp³-hybridized carbons (Fsp3) is 1.00. The number of hydrogen-bond acceptors (Lipinski definition) is 1. The van der Waals surface area contributed by atoms with Gasteiger partial charge in [-0.3, -0.25) is 0 Å². The molecule has 1 N–H and O–H groups in total. The second-order valence-corrected chi connectivity index (χ2v) is 5.25. The Labute approximate surface area is 87.9 Å². The molecule has 2 aliphatic rings. The topological polar surface area (TPSA) is 20.2 Å². The van der Waals surface area contributed by atoms with E-state index in [1.54, 1.807) is 0 Å². The minimum absolute atomic E-state index is 0.0437. The summed E-state index contributed by atoms with van der Waals surface area (Å²) >= 11 is 0. The lowest BCUT2D eigenvalue weighted by atomic mass is 10.0. The van der Waals surface area contributed by atoms with Crippen LogP contribution in [0.5, 0.6) is 0 Å². The molecule has 0 bridgehead atoms. The lowest BCUT2D eigenvalue weighted by Crippen LogP contribution is -2.12. The maximum absolute atomic E-state index is 9.99. The third-order valence-corrected chi connectivity index (χ3v) is 4.27. The average molecular weight is 196 g/mol. The van der Waals surface area contributed by atoms with E-state index in [4.69, 9.17) is 0 Å². The van der Waals surface area contributed by atoms with Crippen LogP contribution in [0.4, 0.5) is 0 Å². The van der Waals surface area contributed by atoms with E-state index in [0.717, 1.165) is 18.3 Å². The fourth-order valence-electron chi connectivity index (χ4n) is 3.42. The van der Waals surface area contributed by atoms with Gasteiger partial charge in [-0.25, -0.2) is 0 Å². The highest BCUT2D eigenvalue weighted by Crippen LogP contribution is 2.59. The summed E-state index contributed by atoms with van der Waals surface area (Å²) in [6.07, 6.45) is 10.5. The molecule has 0 heterocycles. The lowest BCUT2D eigenvalue weighted by Gasteiger charge is -2.11. The third-order valence-electron chi connectivity index (χ3n) is 4.27. The molecule has 2 saturated carbocycles. The van der Waals surface area contributed by atoms with Crippen molar-refractivity contribution in [3.05, 3.63) is 0 Å². The standard InChI is InChI=1S/C13H24O/c1-2-3-4-5-9-12(14)13-10-7-6-8-11(10)13/h10-14H,2-9H2,1H3. The number of hydrogen-bond donors (Lipinski definition) is 1. The van der Waals surface area contributed by atoms with Crippen molar-refractivity contribution >= 4 is 0 Å². The highest BCUT2D eigenvalue weighted by Gasteiger charge is 2.55. The maximum Gasteiger partial charge on any atom is 0.0573 e. The Balaban J connectivity index is 1.58. The van der Waals surface area contributed by atoms with E-state index in [9.17, 15) is 5.11 Å². The molecule has 3 atom stereocenters. The molecule has 3 unspecified atom stereocenters. The zero-order valence-electron chi connectivity index (χ0n) is 9.41. The summed E-state index contributed by atoms with van der Waals surface area (Å²) in [4.78, 5) is 0. The molecule has 0 spiro atoms. The van der Waals surface area contributed by atoms with E-state index < -0.39 is 0 Å². The van der Waals surface area contributed by atoms with Gasteiger partial charge in [0.25, 0.3) is 0 Å². The molecule has 0 radical (unpaired) electrons. The van der Waals surface area contributed by atoms with Gasteiger partial charge in [-0.2, -0.15) is 0 Å². The molecule has 0 amide bonds. The van der Waals surface area contributed by atoms with Gasteiger partial charge in [0.15, 0.2) is 0 Å². The molecule has 2 rings (SSSR count). The van der Waals surface area contributed by atoms with Gasteiger partial charge in [0.2, 0.25) is 0 Å². The first kappa shape index (κ1) is 10.5. The van der Waals surface area contributed by atoms with Crippen LogP contribution in [0, 0.1) is 17.8 Å². The molecule has 14 heavy (non-hydrogen) atoms. The van der Waals surface area contributed by atoms with Crippen molar-refractivity contribution in [2.45, 2.75) is 64.4 Å². The van der Waals surface area contributed by atoms with Crippen LogP contribution in [-0.2, 0) is 0 Å². The van der Waals surface area contributed by atoms with Crippen molar-refractivity contribution in [2.24, 2.45) is 17.8 Å². The summed E-state index contributed by atoms with van der Waals surface area (Å²) in [5.74, 6) is 2.57. The largest absolute Gasteiger partial charge is 0.393 e. The molecule has 1 nitrogen and oxygen atoms in total. The highest BCUT2D eigenvalue weighted by molar-refractivity contribution is 5.03. The molecule has 0 aliphatic heterocycles. The SMILES string of the molecule is CCCCCCC(O)C1C2CCCC21. The summed E-state index contributed by atoms with van der Waals surface area (Å²) in [5, 5.41) is 9.99. The van der Waals surface area contributed by atoms with Crippen LogP contribution in [0.15, 0.2) is 0 Å². The van der Waals surface area contributed by atoms with Crippen molar-refractivity contribution in [3.63, 3.8) is 0 Å². The predicted molar refractivity (Wildman–Crippen MR) is 59.1 cm³/mol. The van der Waals surface area contributed by atoms with Crippen LogP contribution >= 0.6 is 0 Å². The Bertz CT molecular complexity index is 168. The van der Waals surface area contributed by atoms with Crippen LogP contribution in [0.25, 0.3) is 0 Å². The van der Waals surface area contributed by atoms with Crippen molar-refractivity contribution < 1.29 is 5.11 Å². The molecule has 2 fully saturated rings. The monoisotopic (exact) mass is 196 g/mol. The van der Waals surface area contributed by atoms with Gasteiger partial charge in [0, 0.05) is 0 Å². The molecule has 82 valence electrons. The number of aliphatic hydroxyl groups is 1. The highest BCUT2D eigenvalue weighted by atomic mass is 16.3. The second kappa shape index (κ2) is 4.65. The smallest absolute Gasteiger partial charge is 0.0573 e. The van der Waals surface area contributed by atoms with Crippen LogP contribution < -0.4 is 0 Å². The Morgan fingerprint density at radius 2 is 1.86 bits per heavy atom. The molecule has 2 aliphatic carbocycles. The van der Waals surface area contributed by atoms with Crippen molar-refractivity contribution in [1.29, 1.82) is 0 Å². The summed E-state index contributed by atoms with van der Waals surface area (Å²) in [5.41, 5.74) is 0. The molecular weight excluding hydrogens is 172 g/mol. The molecule has 0 aromatic heterocycles. The quantitative estimate of drug-likeness (QED) is 0.646. The van der Waals surface area contributed by atoms with Gasteiger partial charge in [-0.05, 0) is 37.0 Å². The van der Waals surface area contributed by atoms with Crippen LogP contribution in [-0.4, -0.2) is 11.2 Å². The third kappa shape index (κ3) is 2.13. The summed E-state index contributed by atoms with van der Waals surface area (Å²) in [7, 11) is 0. The van der Waals surface area contributed by atoms with Crippen LogP contribution in [0.2, 0.25) is 0 Å². The Kier molecular flexibility index (Phi) is 3.48. The maximum atomic E-state index is 9.99. The number of aliphatic hydroxyl groups excluding tert-OH is 1. The molecule has 0 saturated heterocycles. The van der Waals surface area contributed by atoms with E-state index in [0.29, 0.717) is 5.92 Å². The van der Waals surface area contributed by atoms with Crippen molar-refractivity contribution in [1.82, 2.24) is 0 Å². The van der Waals surface area contributed by atoms with Gasteiger partial charge >= 0.3 is 0 Å². The van der Waals surface area contributed by atoms with Gasteiger partial charge < -0.3 is 5.11 Å². The van der Waals surface area contributed by atoms with E-state index >= 15 is 0 Å². The second-order valence-electron chi connectivity index (χ2n) is 5.25. The lowest BCUT2D eigenvalue weighted by molar-refractivity contribution is 0.123. The van der Waals surface area contributed by atoms with E-state index in [1.165, 1.54) is 44.9 Å². The fourth-order valence-corrected chi connectivity index (χ4v) is 3.42. The average Bonchev–Trinajstić information content (AvgIpc) is 2.67. The number of unbranched alkanes of at least 4 members (excludes halogenated alkanes) is 3. The normalized spacial score (nSPS) is 36.9. The number of rotatable bonds is 6. The first-order chi connectivity index (χ1) is 6.84. The van der Waals surface area contributed by atoms with E-state index in [2.05, 4.69) is 6.92 Å². The Morgan fingerprint density at radius 1 is 1.14 bits per heavy atom. The molecule has 0 aromatic carbocycles. The van der Waals surface area contributed by atoms with Gasteiger partial charge in [0.1, 0.15) is 0 Å². The zero-order chi connectivity index (χ0) is 9.97. The molecular formula is C13H24O.